The highest BCUT2D eigenvalue weighted by Crippen LogP contribution is 2.36. The Balaban J connectivity index is 1.88. The Hall–Kier alpha value is -2.65. The molecular weight excluding hydrogens is 329 g/mol. The molecule has 0 bridgehead atoms. The highest BCUT2D eigenvalue weighted by Gasteiger charge is 2.69. The van der Waals surface area contributed by atoms with E-state index in [0.717, 1.165) is 0 Å². The standard InChI is InChI=1S/C14H13F3N4O3/c15-14(16,17)13(19-10(22)9-3-4-9)11(23)21(12(24)20-13)7-8-2-1-5-18-6-8/h1-2,5-6,9H,3-4,7H2,(H,19,22)(H,20,24)/t13-/m0/s1. The molecule has 0 spiro atoms. The van der Waals surface area contributed by atoms with Crippen LogP contribution in [0.15, 0.2) is 24.5 Å². The summed E-state index contributed by atoms with van der Waals surface area (Å²) in [7, 11) is 0. The molecule has 2 heterocycles. The molecule has 1 saturated carbocycles. The summed E-state index contributed by atoms with van der Waals surface area (Å²) in [4.78, 5) is 40.3. The Morgan fingerprint density at radius 3 is 2.67 bits per heavy atom. The zero-order valence-corrected chi connectivity index (χ0v) is 12.3. The summed E-state index contributed by atoms with van der Waals surface area (Å²) < 4.78 is 40.5. The van der Waals surface area contributed by atoms with E-state index in [2.05, 4.69) is 4.98 Å². The molecular formula is C14H13F3N4O3. The van der Waals surface area contributed by atoms with Crippen LogP contribution in [-0.4, -0.2) is 39.6 Å². The first-order valence-corrected chi connectivity index (χ1v) is 7.16. The largest absolute Gasteiger partial charge is 0.440 e. The average Bonchev–Trinajstić information content (AvgIpc) is 3.32. The van der Waals surface area contributed by atoms with Gasteiger partial charge in [-0.2, -0.15) is 13.2 Å². The normalized spacial score (nSPS) is 24.0. The molecule has 2 aliphatic rings. The SMILES string of the molecule is O=C(N[C@]1(C(F)(F)F)NC(=O)N(Cc2cccnc2)C1=O)C1CC1. The Morgan fingerprint density at radius 2 is 2.12 bits per heavy atom. The van der Waals surface area contributed by atoms with Crippen molar-refractivity contribution in [3.63, 3.8) is 0 Å². The van der Waals surface area contributed by atoms with Crippen molar-refractivity contribution in [2.75, 3.05) is 0 Å². The fourth-order valence-corrected chi connectivity index (χ4v) is 2.37. The molecule has 128 valence electrons. The van der Waals surface area contributed by atoms with E-state index in [1.165, 1.54) is 24.5 Å². The van der Waals surface area contributed by atoms with Crippen molar-refractivity contribution in [3.05, 3.63) is 30.1 Å². The summed E-state index contributed by atoms with van der Waals surface area (Å²) >= 11 is 0. The van der Waals surface area contributed by atoms with Gasteiger partial charge in [0.2, 0.25) is 5.91 Å². The molecule has 0 aromatic carbocycles. The van der Waals surface area contributed by atoms with Gasteiger partial charge in [0.1, 0.15) is 0 Å². The van der Waals surface area contributed by atoms with Crippen molar-refractivity contribution >= 4 is 17.8 Å². The molecule has 0 unspecified atom stereocenters. The first-order valence-electron chi connectivity index (χ1n) is 7.16. The summed E-state index contributed by atoms with van der Waals surface area (Å²) in [5, 5.41) is 3.29. The Morgan fingerprint density at radius 1 is 1.42 bits per heavy atom. The number of nitrogens with one attached hydrogen (secondary N) is 2. The van der Waals surface area contributed by atoms with Gasteiger partial charge < -0.3 is 5.32 Å². The number of carbonyl (C=O) groups is 3. The minimum absolute atomic E-state index is 0.379. The second kappa shape index (κ2) is 5.46. The smallest absolute Gasteiger partial charge is 0.318 e. The third-order valence-corrected chi connectivity index (χ3v) is 3.85. The second-order valence-electron chi connectivity index (χ2n) is 5.69. The van der Waals surface area contributed by atoms with Crippen LogP contribution in [0.3, 0.4) is 0 Å². The fraction of sp³-hybridized carbons (Fsp3) is 0.429. The summed E-state index contributed by atoms with van der Waals surface area (Å²) in [6.45, 7) is -0.379. The Kier molecular flexibility index (Phi) is 3.69. The average molecular weight is 342 g/mol. The van der Waals surface area contributed by atoms with Crippen molar-refractivity contribution in [1.82, 2.24) is 20.5 Å². The van der Waals surface area contributed by atoms with E-state index in [0.29, 0.717) is 23.3 Å². The number of hydrogen-bond acceptors (Lipinski definition) is 4. The lowest BCUT2D eigenvalue weighted by Gasteiger charge is -2.29. The molecule has 1 saturated heterocycles. The van der Waals surface area contributed by atoms with Gasteiger partial charge in [-0.05, 0) is 24.5 Å². The van der Waals surface area contributed by atoms with Gasteiger partial charge in [0, 0.05) is 18.3 Å². The third-order valence-electron chi connectivity index (χ3n) is 3.85. The number of halogens is 3. The van der Waals surface area contributed by atoms with E-state index in [4.69, 9.17) is 0 Å². The third kappa shape index (κ3) is 2.68. The van der Waals surface area contributed by atoms with Crippen molar-refractivity contribution in [2.24, 2.45) is 5.92 Å². The zero-order valence-electron chi connectivity index (χ0n) is 12.3. The summed E-state index contributed by atoms with van der Waals surface area (Å²) in [5.74, 6) is -3.01. The molecule has 1 aliphatic carbocycles. The fourth-order valence-electron chi connectivity index (χ4n) is 2.37. The van der Waals surface area contributed by atoms with Crippen LogP contribution in [0.2, 0.25) is 0 Å². The first-order chi connectivity index (χ1) is 11.2. The molecule has 4 amide bonds. The Bertz CT molecular complexity index is 690. The highest BCUT2D eigenvalue weighted by molar-refractivity contribution is 6.09. The minimum atomic E-state index is -5.17. The molecule has 0 radical (unpaired) electrons. The lowest BCUT2D eigenvalue weighted by atomic mass is 10.1. The lowest BCUT2D eigenvalue weighted by molar-refractivity contribution is -0.204. The predicted octanol–water partition coefficient (Wildman–Crippen LogP) is 0.918. The second-order valence-corrected chi connectivity index (χ2v) is 5.69. The van der Waals surface area contributed by atoms with Crippen LogP contribution in [0.25, 0.3) is 0 Å². The molecule has 1 aliphatic heterocycles. The van der Waals surface area contributed by atoms with Gasteiger partial charge in [-0.1, -0.05) is 6.07 Å². The van der Waals surface area contributed by atoms with Gasteiger partial charge in [0.15, 0.2) is 0 Å². The molecule has 2 fully saturated rings. The molecule has 7 nitrogen and oxygen atoms in total. The number of alkyl halides is 3. The van der Waals surface area contributed by atoms with Crippen molar-refractivity contribution < 1.29 is 27.6 Å². The number of urea groups is 1. The van der Waals surface area contributed by atoms with Crippen molar-refractivity contribution in [2.45, 2.75) is 31.2 Å². The number of pyridine rings is 1. The number of rotatable bonds is 4. The van der Waals surface area contributed by atoms with Crippen LogP contribution >= 0.6 is 0 Å². The molecule has 1 aromatic heterocycles. The highest BCUT2D eigenvalue weighted by atomic mass is 19.4. The first kappa shape index (κ1) is 16.2. The number of aromatic nitrogens is 1. The molecule has 10 heteroatoms. The topological polar surface area (TPSA) is 91.4 Å². The molecule has 1 atom stereocenters. The summed E-state index contributed by atoms with van der Waals surface area (Å²) in [5.41, 5.74) is -3.04. The number of amides is 4. The lowest BCUT2D eigenvalue weighted by Crippen LogP contribution is -2.69. The van der Waals surface area contributed by atoms with Crippen LogP contribution in [0, 0.1) is 5.92 Å². The maximum absolute atomic E-state index is 13.5. The molecule has 3 rings (SSSR count). The summed E-state index contributed by atoms with van der Waals surface area (Å²) in [6.07, 6.45) is -1.47. The summed E-state index contributed by atoms with van der Waals surface area (Å²) in [6, 6.07) is 1.82. The van der Waals surface area contributed by atoms with Gasteiger partial charge in [-0.25, -0.2) is 4.79 Å². The molecule has 2 N–H and O–H groups in total. The van der Waals surface area contributed by atoms with Crippen LogP contribution in [0.5, 0.6) is 0 Å². The maximum atomic E-state index is 13.5. The van der Waals surface area contributed by atoms with Gasteiger partial charge in [0.05, 0.1) is 6.54 Å². The van der Waals surface area contributed by atoms with Gasteiger partial charge in [-0.3, -0.25) is 24.8 Å². The van der Waals surface area contributed by atoms with E-state index >= 15 is 0 Å². The van der Waals surface area contributed by atoms with Gasteiger partial charge in [0.25, 0.3) is 11.6 Å². The number of nitrogens with zero attached hydrogens (tertiary/aromatic N) is 2. The van der Waals surface area contributed by atoms with Crippen LogP contribution in [-0.2, 0) is 16.1 Å². The van der Waals surface area contributed by atoms with E-state index in [1.54, 1.807) is 10.6 Å². The van der Waals surface area contributed by atoms with E-state index in [1.807, 2.05) is 0 Å². The number of hydrogen-bond donors (Lipinski definition) is 2. The maximum Gasteiger partial charge on any atom is 0.440 e. The molecule has 1 aromatic rings. The Labute approximate surface area is 134 Å². The number of imide groups is 1. The zero-order chi connectivity index (χ0) is 17.5. The quantitative estimate of drug-likeness (QED) is 0.796. The van der Waals surface area contributed by atoms with Crippen LogP contribution in [0.1, 0.15) is 18.4 Å². The van der Waals surface area contributed by atoms with Gasteiger partial charge in [-0.15, -0.1) is 0 Å². The minimum Gasteiger partial charge on any atom is -0.318 e. The van der Waals surface area contributed by atoms with E-state index in [-0.39, 0.29) is 6.54 Å². The number of carbonyl (C=O) groups excluding carboxylic acids is 3. The van der Waals surface area contributed by atoms with Crippen molar-refractivity contribution in [3.8, 4) is 0 Å². The van der Waals surface area contributed by atoms with Crippen LogP contribution < -0.4 is 10.6 Å². The van der Waals surface area contributed by atoms with Crippen LogP contribution in [0.4, 0.5) is 18.0 Å². The monoisotopic (exact) mass is 342 g/mol. The molecule has 24 heavy (non-hydrogen) atoms. The van der Waals surface area contributed by atoms with E-state index in [9.17, 15) is 27.6 Å². The van der Waals surface area contributed by atoms with E-state index < -0.39 is 35.6 Å². The predicted molar refractivity (Wildman–Crippen MR) is 73.0 cm³/mol. The van der Waals surface area contributed by atoms with Crippen molar-refractivity contribution in [1.29, 1.82) is 0 Å². The van der Waals surface area contributed by atoms with Gasteiger partial charge >= 0.3 is 12.2 Å².